The molecule has 25 heavy (non-hydrogen) atoms. The van der Waals surface area contributed by atoms with Gasteiger partial charge in [-0.3, -0.25) is 14.5 Å². The third-order valence-corrected chi connectivity index (χ3v) is 4.37. The Balaban J connectivity index is 1.86. The van der Waals surface area contributed by atoms with Crippen LogP contribution in [-0.4, -0.2) is 54.3 Å². The van der Waals surface area contributed by atoms with E-state index in [4.69, 9.17) is 11.6 Å². The van der Waals surface area contributed by atoms with E-state index in [2.05, 4.69) is 5.32 Å². The van der Waals surface area contributed by atoms with Crippen LogP contribution in [0, 0.1) is 0 Å². The van der Waals surface area contributed by atoms with Crippen LogP contribution in [0.5, 0.6) is 0 Å². The van der Waals surface area contributed by atoms with Gasteiger partial charge in [0.25, 0.3) is 0 Å². The number of nitrogens with one attached hydrogen (secondary N) is 1. The highest BCUT2D eigenvalue weighted by Crippen LogP contribution is 2.33. The Labute approximate surface area is 148 Å². The Hall–Kier alpha value is -1.80. The number of alkyl halides is 3. The zero-order valence-electron chi connectivity index (χ0n) is 13.7. The third kappa shape index (κ3) is 5.61. The van der Waals surface area contributed by atoms with Crippen molar-refractivity contribution in [1.82, 2.24) is 9.80 Å². The maximum atomic E-state index is 12.7. The van der Waals surface area contributed by atoms with Crippen LogP contribution in [0.15, 0.2) is 18.2 Å². The van der Waals surface area contributed by atoms with Crippen LogP contribution in [0.4, 0.5) is 18.9 Å². The fourth-order valence-electron chi connectivity index (χ4n) is 2.56. The number of carbonyl (C=O) groups excluding carboxylic acids is 2. The van der Waals surface area contributed by atoms with E-state index < -0.39 is 17.6 Å². The lowest BCUT2D eigenvalue weighted by molar-refractivity contribution is -0.137. The summed E-state index contributed by atoms with van der Waals surface area (Å²) in [5.41, 5.74) is -0.921. The number of piperazine rings is 1. The number of amides is 2. The first kappa shape index (κ1) is 19.5. The van der Waals surface area contributed by atoms with Crippen LogP contribution >= 0.6 is 11.6 Å². The lowest BCUT2D eigenvalue weighted by atomic mass is 10.2. The summed E-state index contributed by atoms with van der Waals surface area (Å²) in [7, 11) is 0. The average molecular weight is 378 g/mol. The highest BCUT2D eigenvalue weighted by Gasteiger charge is 2.31. The van der Waals surface area contributed by atoms with Crippen molar-refractivity contribution < 1.29 is 22.8 Å². The van der Waals surface area contributed by atoms with Gasteiger partial charge in [0.1, 0.15) is 0 Å². The number of hydrogen-bond donors (Lipinski definition) is 1. The maximum Gasteiger partial charge on any atom is 0.416 e. The fourth-order valence-corrected chi connectivity index (χ4v) is 2.72. The second kappa shape index (κ2) is 8.05. The van der Waals surface area contributed by atoms with Crippen molar-refractivity contribution in [3.8, 4) is 0 Å². The third-order valence-electron chi connectivity index (χ3n) is 4.04. The molecule has 0 atom stereocenters. The molecule has 1 aliphatic heterocycles. The predicted octanol–water partition coefficient (Wildman–Crippen LogP) is 2.85. The lowest BCUT2D eigenvalue weighted by Crippen LogP contribution is -2.48. The summed E-state index contributed by atoms with van der Waals surface area (Å²) in [4.78, 5) is 27.0. The number of benzene rings is 1. The molecule has 0 bridgehead atoms. The van der Waals surface area contributed by atoms with Crippen molar-refractivity contribution in [3.63, 3.8) is 0 Å². The van der Waals surface area contributed by atoms with Crippen LogP contribution in [0.1, 0.15) is 18.9 Å². The van der Waals surface area contributed by atoms with Crippen molar-refractivity contribution >= 4 is 29.1 Å². The van der Waals surface area contributed by atoms with Gasteiger partial charge in [-0.15, -0.1) is 0 Å². The van der Waals surface area contributed by atoms with Crippen LogP contribution in [0.3, 0.4) is 0 Å². The molecule has 1 N–H and O–H groups in total. The standard InChI is InChI=1S/C16H19ClF3N3O2/c1-11(24)23-8-6-22(7-9-23)5-4-15(25)21-14-10-12(16(18,19)20)2-3-13(14)17/h2-3,10H,4-9H2,1H3,(H,21,25). The SMILES string of the molecule is CC(=O)N1CCN(CCC(=O)Nc2cc(C(F)(F)F)ccc2Cl)CC1. The van der Waals surface area contributed by atoms with Gasteiger partial charge in [0.15, 0.2) is 0 Å². The van der Waals surface area contributed by atoms with Crippen molar-refractivity contribution in [2.75, 3.05) is 38.0 Å². The molecule has 5 nitrogen and oxygen atoms in total. The Morgan fingerprint density at radius 3 is 2.40 bits per heavy atom. The van der Waals surface area contributed by atoms with Gasteiger partial charge in [0, 0.05) is 46.1 Å². The Morgan fingerprint density at radius 1 is 1.20 bits per heavy atom. The Morgan fingerprint density at radius 2 is 1.84 bits per heavy atom. The van der Waals surface area contributed by atoms with Crippen molar-refractivity contribution in [3.05, 3.63) is 28.8 Å². The van der Waals surface area contributed by atoms with Crippen molar-refractivity contribution in [2.45, 2.75) is 19.5 Å². The van der Waals surface area contributed by atoms with E-state index in [9.17, 15) is 22.8 Å². The normalized spacial score (nSPS) is 16.0. The summed E-state index contributed by atoms with van der Waals surface area (Å²) in [6, 6.07) is 2.80. The quantitative estimate of drug-likeness (QED) is 0.877. The molecular weight excluding hydrogens is 359 g/mol. The van der Waals surface area contributed by atoms with E-state index in [0.29, 0.717) is 32.7 Å². The molecule has 0 radical (unpaired) electrons. The summed E-state index contributed by atoms with van der Waals surface area (Å²) < 4.78 is 38.2. The van der Waals surface area contributed by atoms with Gasteiger partial charge in [0.05, 0.1) is 16.3 Å². The molecule has 1 heterocycles. The first-order chi connectivity index (χ1) is 11.7. The number of halogens is 4. The van der Waals surface area contributed by atoms with Crippen LogP contribution in [-0.2, 0) is 15.8 Å². The topological polar surface area (TPSA) is 52.7 Å². The number of nitrogens with zero attached hydrogens (tertiary/aromatic N) is 2. The van der Waals surface area contributed by atoms with E-state index in [-0.39, 0.29) is 23.0 Å². The summed E-state index contributed by atoms with van der Waals surface area (Å²) in [6.07, 6.45) is -4.37. The molecule has 1 aromatic carbocycles. The van der Waals surface area contributed by atoms with Crippen molar-refractivity contribution in [2.24, 2.45) is 0 Å². The molecule has 0 unspecified atom stereocenters. The molecule has 1 fully saturated rings. The van der Waals surface area contributed by atoms with Gasteiger partial charge in [-0.25, -0.2) is 0 Å². The van der Waals surface area contributed by atoms with E-state index in [1.807, 2.05) is 4.90 Å². The maximum absolute atomic E-state index is 12.7. The minimum absolute atomic E-state index is 0.0246. The molecule has 1 aromatic rings. The van der Waals surface area contributed by atoms with Crippen LogP contribution in [0.25, 0.3) is 0 Å². The number of carbonyl (C=O) groups is 2. The van der Waals surface area contributed by atoms with Gasteiger partial charge >= 0.3 is 6.18 Å². The average Bonchev–Trinajstić information content (AvgIpc) is 2.54. The van der Waals surface area contributed by atoms with Gasteiger partial charge < -0.3 is 10.2 Å². The van der Waals surface area contributed by atoms with Crippen LogP contribution in [0.2, 0.25) is 5.02 Å². The molecule has 2 rings (SSSR count). The Bertz CT molecular complexity index is 644. The number of rotatable bonds is 4. The smallest absolute Gasteiger partial charge is 0.340 e. The fraction of sp³-hybridized carbons (Fsp3) is 0.500. The molecule has 138 valence electrons. The molecule has 1 saturated heterocycles. The molecule has 2 amide bonds. The second-order valence-corrected chi connectivity index (χ2v) is 6.25. The van der Waals surface area contributed by atoms with E-state index in [1.165, 1.54) is 6.92 Å². The van der Waals surface area contributed by atoms with Gasteiger partial charge in [-0.05, 0) is 18.2 Å². The first-order valence-electron chi connectivity index (χ1n) is 7.81. The van der Waals surface area contributed by atoms with E-state index >= 15 is 0 Å². The molecule has 0 aromatic heterocycles. The van der Waals surface area contributed by atoms with E-state index in [1.54, 1.807) is 4.90 Å². The zero-order chi connectivity index (χ0) is 18.6. The highest BCUT2D eigenvalue weighted by atomic mass is 35.5. The van der Waals surface area contributed by atoms with E-state index in [0.717, 1.165) is 18.2 Å². The van der Waals surface area contributed by atoms with Gasteiger partial charge in [-0.1, -0.05) is 11.6 Å². The van der Waals surface area contributed by atoms with Crippen molar-refractivity contribution in [1.29, 1.82) is 0 Å². The van der Waals surface area contributed by atoms with Crippen LogP contribution < -0.4 is 5.32 Å². The summed E-state index contributed by atoms with van der Waals surface area (Å²) in [5.74, 6) is -0.383. The molecule has 0 aliphatic carbocycles. The summed E-state index contributed by atoms with van der Waals surface area (Å²) in [5, 5.41) is 2.48. The minimum atomic E-state index is -4.50. The second-order valence-electron chi connectivity index (χ2n) is 5.84. The zero-order valence-corrected chi connectivity index (χ0v) is 14.5. The summed E-state index contributed by atoms with van der Waals surface area (Å²) >= 11 is 5.85. The lowest BCUT2D eigenvalue weighted by Gasteiger charge is -2.34. The Kier molecular flexibility index (Phi) is 6.29. The van der Waals surface area contributed by atoms with Gasteiger partial charge in [-0.2, -0.15) is 13.2 Å². The minimum Gasteiger partial charge on any atom is -0.340 e. The molecule has 0 saturated carbocycles. The first-order valence-corrected chi connectivity index (χ1v) is 8.19. The summed E-state index contributed by atoms with van der Waals surface area (Å²) in [6.45, 7) is 4.53. The van der Waals surface area contributed by atoms with Gasteiger partial charge in [0.2, 0.25) is 11.8 Å². The highest BCUT2D eigenvalue weighted by molar-refractivity contribution is 6.33. The predicted molar refractivity (Wildman–Crippen MR) is 88.4 cm³/mol. The monoisotopic (exact) mass is 377 g/mol. The molecule has 0 spiro atoms. The molecule has 1 aliphatic rings. The largest absolute Gasteiger partial charge is 0.416 e. The molecular formula is C16H19ClF3N3O2. The number of anilines is 1. The number of hydrogen-bond acceptors (Lipinski definition) is 3. The molecule has 9 heteroatoms.